The number of thioether (sulfide) groups is 1. The van der Waals surface area contributed by atoms with Crippen molar-refractivity contribution in [2.24, 2.45) is 5.92 Å². The van der Waals surface area contributed by atoms with Crippen molar-refractivity contribution < 1.29 is 9.90 Å². The molecule has 0 radical (unpaired) electrons. The van der Waals surface area contributed by atoms with Crippen molar-refractivity contribution in [2.45, 2.75) is 6.92 Å². The van der Waals surface area contributed by atoms with Crippen LogP contribution < -0.4 is 5.32 Å². The molecule has 2 N–H and O–H groups in total. The molecule has 0 saturated heterocycles. The Morgan fingerprint density at radius 3 is 3.00 bits per heavy atom. The maximum absolute atomic E-state index is 11.6. The first-order valence-corrected chi connectivity index (χ1v) is 6.89. The first kappa shape index (κ1) is 14.4. The maximum Gasteiger partial charge on any atom is 0.234 e. The van der Waals surface area contributed by atoms with E-state index in [4.69, 9.17) is 16.7 Å². The van der Waals surface area contributed by atoms with Gasteiger partial charge in [0.05, 0.1) is 5.75 Å². The normalized spacial score (nSPS) is 12.2. The highest BCUT2D eigenvalue weighted by atomic mass is 35.5. The predicted molar refractivity (Wildman–Crippen MR) is 73.7 cm³/mol. The standard InChI is InChI=1S/C12H16ClNO2S/c1-9(6-15)7-17-8-12(16)14-11-4-2-3-10(13)5-11/h2-5,9,15H,6-8H2,1H3,(H,14,16). The van der Waals surface area contributed by atoms with Crippen LogP contribution >= 0.6 is 23.4 Å². The van der Waals surface area contributed by atoms with Gasteiger partial charge in [-0.2, -0.15) is 11.8 Å². The van der Waals surface area contributed by atoms with Crippen molar-refractivity contribution in [3.63, 3.8) is 0 Å². The van der Waals surface area contributed by atoms with Gasteiger partial charge in [0.1, 0.15) is 0 Å². The summed E-state index contributed by atoms with van der Waals surface area (Å²) in [6.07, 6.45) is 0. The minimum atomic E-state index is -0.0533. The van der Waals surface area contributed by atoms with E-state index in [1.54, 1.807) is 24.3 Å². The SMILES string of the molecule is CC(CO)CSCC(=O)Nc1cccc(Cl)c1. The van der Waals surface area contributed by atoms with Gasteiger partial charge in [0.2, 0.25) is 5.91 Å². The summed E-state index contributed by atoms with van der Waals surface area (Å²) in [7, 11) is 0. The third-order valence-corrected chi connectivity index (χ3v) is 3.56. The fourth-order valence-corrected chi connectivity index (χ4v) is 2.24. The average Bonchev–Trinajstić information content (AvgIpc) is 2.28. The first-order valence-electron chi connectivity index (χ1n) is 5.36. The fraction of sp³-hybridized carbons (Fsp3) is 0.417. The number of rotatable bonds is 6. The van der Waals surface area contributed by atoms with Gasteiger partial charge >= 0.3 is 0 Å². The van der Waals surface area contributed by atoms with Gasteiger partial charge in [-0.05, 0) is 29.9 Å². The van der Waals surface area contributed by atoms with Crippen molar-refractivity contribution in [2.75, 3.05) is 23.4 Å². The fourth-order valence-electron chi connectivity index (χ4n) is 1.17. The minimum absolute atomic E-state index is 0.0533. The minimum Gasteiger partial charge on any atom is -0.396 e. The summed E-state index contributed by atoms with van der Waals surface area (Å²) >= 11 is 7.32. The molecule has 0 fully saturated rings. The monoisotopic (exact) mass is 273 g/mol. The zero-order valence-corrected chi connectivity index (χ0v) is 11.2. The molecule has 1 rings (SSSR count). The number of halogens is 1. The summed E-state index contributed by atoms with van der Waals surface area (Å²) in [5.74, 6) is 1.33. The molecule has 17 heavy (non-hydrogen) atoms. The summed E-state index contributed by atoms with van der Waals surface area (Å²) in [4.78, 5) is 11.6. The van der Waals surface area contributed by atoms with Gasteiger partial charge in [-0.1, -0.05) is 24.6 Å². The number of hydrogen-bond donors (Lipinski definition) is 2. The van der Waals surface area contributed by atoms with Crippen LogP contribution in [0.1, 0.15) is 6.92 Å². The Bertz CT molecular complexity index is 373. The van der Waals surface area contributed by atoms with Crippen molar-refractivity contribution in [3.8, 4) is 0 Å². The van der Waals surface area contributed by atoms with Gasteiger partial charge in [0, 0.05) is 17.3 Å². The summed E-state index contributed by atoms with van der Waals surface area (Å²) in [5.41, 5.74) is 0.707. The number of nitrogens with one attached hydrogen (secondary N) is 1. The molecule has 1 aromatic carbocycles. The Morgan fingerprint density at radius 1 is 1.59 bits per heavy atom. The Morgan fingerprint density at radius 2 is 2.35 bits per heavy atom. The highest BCUT2D eigenvalue weighted by Crippen LogP contribution is 2.15. The van der Waals surface area contributed by atoms with Crippen LogP contribution in [-0.4, -0.2) is 29.1 Å². The summed E-state index contributed by atoms with van der Waals surface area (Å²) in [5, 5.41) is 12.2. The van der Waals surface area contributed by atoms with E-state index in [1.807, 2.05) is 6.92 Å². The molecule has 0 aliphatic heterocycles. The lowest BCUT2D eigenvalue weighted by Gasteiger charge is -2.08. The molecule has 3 nitrogen and oxygen atoms in total. The third-order valence-electron chi connectivity index (χ3n) is 2.06. The second kappa shape index (κ2) is 7.58. The van der Waals surface area contributed by atoms with Crippen LogP contribution in [0.5, 0.6) is 0 Å². The molecule has 0 heterocycles. The quantitative estimate of drug-likeness (QED) is 0.838. The van der Waals surface area contributed by atoms with E-state index < -0.39 is 0 Å². The molecular formula is C12H16ClNO2S. The molecule has 5 heteroatoms. The van der Waals surface area contributed by atoms with E-state index in [0.717, 1.165) is 5.75 Å². The van der Waals surface area contributed by atoms with E-state index in [9.17, 15) is 4.79 Å². The van der Waals surface area contributed by atoms with Gasteiger partial charge in [-0.15, -0.1) is 0 Å². The van der Waals surface area contributed by atoms with E-state index in [-0.39, 0.29) is 18.4 Å². The smallest absolute Gasteiger partial charge is 0.234 e. The van der Waals surface area contributed by atoms with Crippen molar-refractivity contribution in [3.05, 3.63) is 29.3 Å². The van der Waals surface area contributed by atoms with Crippen molar-refractivity contribution in [1.82, 2.24) is 0 Å². The third kappa shape index (κ3) is 5.96. The molecule has 94 valence electrons. The lowest BCUT2D eigenvalue weighted by Crippen LogP contribution is -2.15. The molecular weight excluding hydrogens is 258 g/mol. The molecule has 1 aromatic rings. The average molecular weight is 274 g/mol. The van der Waals surface area contributed by atoms with Crippen LogP contribution in [0.15, 0.2) is 24.3 Å². The van der Waals surface area contributed by atoms with E-state index in [2.05, 4.69) is 5.32 Å². The topological polar surface area (TPSA) is 49.3 Å². The van der Waals surface area contributed by atoms with Crippen LogP contribution in [0.4, 0.5) is 5.69 Å². The Kier molecular flexibility index (Phi) is 6.40. The highest BCUT2D eigenvalue weighted by Gasteiger charge is 2.05. The number of carbonyl (C=O) groups excluding carboxylic acids is 1. The van der Waals surface area contributed by atoms with Gasteiger partial charge in [-0.3, -0.25) is 4.79 Å². The lowest BCUT2D eigenvalue weighted by atomic mass is 10.2. The van der Waals surface area contributed by atoms with E-state index >= 15 is 0 Å². The zero-order valence-electron chi connectivity index (χ0n) is 9.65. The van der Waals surface area contributed by atoms with Gasteiger partial charge in [-0.25, -0.2) is 0 Å². The number of amides is 1. The molecule has 0 saturated carbocycles. The summed E-state index contributed by atoms with van der Waals surface area (Å²) < 4.78 is 0. The van der Waals surface area contributed by atoms with Crippen LogP contribution in [0.3, 0.4) is 0 Å². The number of aliphatic hydroxyl groups excluding tert-OH is 1. The zero-order chi connectivity index (χ0) is 12.7. The molecule has 1 atom stereocenters. The van der Waals surface area contributed by atoms with Crippen LogP contribution in [0.2, 0.25) is 5.02 Å². The van der Waals surface area contributed by atoms with Gasteiger partial charge in [0.25, 0.3) is 0 Å². The largest absolute Gasteiger partial charge is 0.396 e. The summed E-state index contributed by atoms with van der Waals surface area (Å²) in [6.45, 7) is 2.10. The number of benzene rings is 1. The van der Waals surface area contributed by atoms with Crippen molar-refractivity contribution in [1.29, 1.82) is 0 Å². The maximum atomic E-state index is 11.6. The Balaban J connectivity index is 2.30. The van der Waals surface area contributed by atoms with Crippen LogP contribution in [0.25, 0.3) is 0 Å². The number of carbonyl (C=O) groups is 1. The second-order valence-corrected chi connectivity index (χ2v) is 5.33. The molecule has 0 aliphatic carbocycles. The molecule has 1 unspecified atom stereocenters. The lowest BCUT2D eigenvalue weighted by molar-refractivity contribution is -0.113. The van der Waals surface area contributed by atoms with E-state index in [1.165, 1.54) is 11.8 Å². The second-order valence-electron chi connectivity index (χ2n) is 3.86. The Labute approximate surface area is 111 Å². The van der Waals surface area contributed by atoms with Gasteiger partial charge < -0.3 is 10.4 Å². The number of anilines is 1. The molecule has 0 spiro atoms. The first-order chi connectivity index (χ1) is 8.11. The molecule has 0 aromatic heterocycles. The molecule has 1 amide bonds. The summed E-state index contributed by atoms with van der Waals surface area (Å²) in [6, 6.07) is 7.05. The predicted octanol–water partition coefficient (Wildman–Crippen LogP) is 2.64. The van der Waals surface area contributed by atoms with Crippen LogP contribution in [-0.2, 0) is 4.79 Å². The van der Waals surface area contributed by atoms with Gasteiger partial charge in [0.15, 0.2) is 0 Å². The van der Waals surface area contributed by atoms with Crippen molar-refractivity contribution >= 4 is 35.0 Å². The number of aliphatic hydroxyl groups is 1. The number of hydrogen-bond acceptors (Lipinski definition) is 3. The highest BCUT2D eigenvalue weighted by molar-refractivity contribution is 7.99. The van der Waals surface area contributed by atoms with Crippen LogP contribution in [0, 0.1) is 5.92 Å². The Hall–Kier alpha value is -0.710. The molecule has 0 aliphatic rings. The molecule has 0 bridgehead atoms. The van der Waals surface area contributed by atoms with E-state index in [0.29, 0.717) is 16.5 Å².